The van der Waals surface area contributed by atoms with Crippen LogP contribution in [0.3, 0.4) is 0 Å². The molecule has 4 aliphatic carbocycles. The monoisotopic (exact) mass is 556 g/mol. The number of carboxylic acid groups (broad SMARTS) is 1. The number of carbonyl (C=O) groups excluding carboxylic acids is 1. The number of carboxylic acids is 1. The molecule has 222 valence electrons. The fraction of sp³-hybridized carbons (Fsp3) is 0.871. The van der Waals surface area contributed by atoms with Gasteiger partial charge in [0.25, 0.3) is 0 Å². The van der Waals surface area contributed by atoms with Gasteiger partial charge in [-0.1, -0.05) is 32.4 Å². The summed E-state index contributed by atoms with van der Waals surface area (Å²) < 4.78 is 44.8. The fourth-order valence-electron chi connectivity index (χ4n) is 9.34. The van der Waals surface area contributed by atoms with Crippen LogP contribution in [0.25, 0.3) is 0 Å². The average molecular weight is 557 g/mol. The smallest absolute Gasteiger partial charge is 0.392 e. The highest BCUT2D eigenvalue weighted by Crippen LogP contribution is 2.67. The minimum atomic E-state index is -4.46. The van der Waals surface area contributed by atoms with E-state index in [2.05, 4.69) is 26.8 Å². The summed E-state index contributed by atoms with van der Waals surface area (Å²) in [7, 11) is 0. The van der Waals surface area contributed by atoms with E-state index in [4.69, 9.17) is 9.84 Å². The standard InChI is InChI=1S/C31H47F3O5/c1-19(5-7-21(18-31(32,33)34)39-27(37)12-11-26(35)36)23-9-10-24-22-8-6-20-17-28(2,38)15-16-29(20,3)25(22)13-14-30(23,24)4/h6,19,21-25,38H,5,7-18H2,1-4H3,(H,35,36)/t19-,21?,22?,23?,24?,25?,28+,29?,30?/m1/s1. The number of alkyl halides is 3. The zero-order valence-electron chi connectivity index (χ0n) is 24.0. The maximum atomic E-state index is 13.2. The molecule has 0 bridgehead atoms. The van der Waals surface area contributed by atoms with E-state index in [0.29, 0.717) is 30.1 Å². The normalized spacial score (nSPS) is 39.5. The summed E-state index contributed by atoms with van der Waals surface area (Å²) in [5, 5.41) is 19.5. The van der Waals surface area contributed by atoms with Crippen LogP contribution in [0.4, 0.5) is 13.2 Å². The van der Waals surface area contributed by atoms with Crippen molar-refractivity contribution in [2.75, 3.05) is 0 Å². The van der Waals surface area contributed by atoms with Crippen molar-refractivity contribution in [3.63, 3.8) is 0 Å². The number of esters is 1. The highest BCUT2D eigenvalue weighted by molar-refractivity contribution is 5.76. The second-order valence-electron chi connectivity index (χ2n) is 14.0. The third-order valence-corrected chi connectivity index (χ3v) is 11.4. The molecule has 7 unspecified atom stereocenters. The van der Waals surface area contributed by atoms with Crippen molar-refractivity contribution in [2.24, 2.45) is 40.4 Å². The molecule has 5 nitrogen and oxygen atoms in total. The highest BCUT2D eigenvalue weighted by Gasteiger charge is 2.59. The Labute approximate surface area is 230 Å². The predicted octanol–water partition coefficient (Wildman–Crippen LogP) is 7.46. The van der Waals surface area contributed by atoms with Crippen LogP contribution in [0.5, 0.6) is 0 Å². The number of hydrogen-bond acceptors (Lipinski definition) is 4. The van der Waals surface area contributed by atoms with Crippen LogP contribution in [0, 0.1) is 40.4 Å². The molecule has 0 aromatic carbocycles. The Kier molecular flexibility index (Phi) is 8.58. The Balaban J connectivity index is 1.41. The summed E-state index contributed by atoms with van der Waals surface area (Å²) in [6.45, 7) is 8.93. The summed E-state index contributed by atoms with van der Waals surface area (Å²) >= 11 is 0. The molecule has 8 heteroatoms. The maximum absolute atomic E-state index is 13.2. The van der Waals surface area contributed by atoms with E-state index in [9.17, 15) is 27.9 Å². The van der Waals surface area contributed by atoms with Gasteiger partial charge in [0.2, 0.25) is 0 Å². The fourth-order valence-corrected chi connectivity index (χ4v) is 9.34. The lowest BCUT2D eigenvalue weighted by Gasteiger charge is -2.59. The summed E-state index contributed by atoms with van der Waals surface area (Å²) in [6.07, 6.45) is 3.52. The number of ether oxygens (including phenoxy) is 1. The van der Waals surface area contributed by atoms with Gasteiger partial charge in [-0.15, -0.1) is 0 Å². The van der Waals surface area contributed by atoms with Crippen LogP contribution in [0.1, 0.15) is 111 Å². The zero-order chi connectivity index (χ0) is 28.8. The van der Waals surface area contributed by atoms with Gasteiger partial charge < -0.3 is 14.9 Å². The molecular formula is C31H47F3O5. The molecule has 9 atom stereocenters. The molecule has 0 aliphatic heterocycles. The topological polar surface area (TPSA) is 83.8 Å². The Morgan fingerprint density at radius 2 is 1.77 bits per heavy atom. The number of halogens is 3. The van der Waals surface area contributed by atoms with E-state index in [1.165, 1.54) is 5.57 Å². The van der Waals surface area contributed by atoms with Gasteiger partial charge in [0.15, 0.2) is 0 Å². The van der Waals surface area contributed by atoms with E-state index in [-0.39, 0.29) is 23.2 Å². The van der Waals surface area contributed by atoms with Crippen molar-refractivity contribution in [2.45, 2.75) is 129 Å². The van der Waals surface area contributed by atoms with Crippen LogP contribution in [0.2, 0.25) is 0 Å². The van der Waals surface area contributed by atoms with E-state index >= 15 is 0 Å². The molecule has 0 spiro atoms. The van der Waals surface area contributed by atoms with Gasteiger partial charge in [0.1, 0.15) is 6.10 Å². The Morgan fingerprint density at radius 1 is 1.05 bits per heavy atom. The average Bonchev–Trinajstić information content (AvgIpc) is 3.18. The summed E-state index contributed by atoms with van der Waals surface area (Å²) in [5.74, 6) is 0.408. The van der Waals surface area contributed by atoms with E-state index in [1.54, 1.807) is 0 Å². The van der Waals surface area contributed by atoms with Gasteiger partial charge in [-0.05, 0) is 112 Å². The van der Waals surface area contributed by atoms with Crippen LogP contribution >= 0.6 is 0 Å². The molecule has 0 aromatic rings. The number of rotatable bonds is 9. The van der Waals surface area contributed by atoms with Gasteiger partial charge in [-0.2, -0.15) is 13.2 Å². The quantitative estimate of drug-likeness (QED) is 0.227. The molecule has 39 heavy (non-hydrogen) atoms. The lowest BCUT2D eigenvalue weighted by Crippen LogP contribution is -2.52. The number of aliphatic carboxylic acids is 1. The first-order valence-corrected chi connectivity index (χ1v) is 14.9. The third kappa shape index (κ3) is 6.51. The van der Waals surface area contributed by atoms with E-state index < -0.39 is 49.1 Å². The number of allylic oxidation sites excluding steroid dienone is 1. The van der Waals surface area contributed by atoms with Crippen molar-refractivity contribution in [3.05, 3.63) is 11.6 Å². The van der Waals surface area contributed by atoms with Gasteiger partial charge >= 0.3 is 18.1 Å². The molecule has 0 amide bonds. The number of hydrogen-bond donors (Lipinski definition) is 2. The van der Waals surface area contributed by atoms with Gasteiger partial charge in [-0.3, -0.25) is 9.59 Å². The van der Waals surface area contributed by atoms with Crippen molar-refractivity contribution in [3.8, 4) is 0 Å². The molecular weight excluding hydrogens is 509 g/mol. The Morgan fingerprint density at radius 3 is 2.44 bits per heavy atom. The summed E-state index contributed by atoms with van der Waals surface area (Å²) in [5.41, 5.74) is 1.15. The molecule has 0 aromatic heterocycles. The molecule has 2 N–H and O–H groups in total. The second-order valence-corrected chi connectivity index (χ2v) is 14.0. The molecule has 4 aliphatic rings. The second kappa shape index (κ2) is 11.0. The van der Waals surface area contributed by atoms with Gasteiger partial charge in [0, 0.05) is 0 Å². The molecule has 0 heterocycles. The van der Waals surface area contributed by atoms with Gasteiger partial charge in [-0.25, -0.2) is 0 Å². The number of carbonyl (C=O) groups is 2. The molecule has 3 saturated carbocycles. The molecule has 0 saturated heterocycles. The van der Waals surface area contributed by atoms with Crippen LogP contribution in [-0.4, -0.2) is 40.0 Å². The predicted molar refractivity (Wildman–Crippen MR) is 142 cm³/mol. The largest absolute Gasteiger partial charge is 0.481 e. The van der Waals surface area contributed by atoms with E-state index in [1.807, 2.05) is 6.92 Å². The van der Waals surface area contributed by atoms with Crippen LogP contribution < -0.4 is 0 Å². The van der Waals surface area contributed by atoms with Crippen molar-refractivity contribution in [1.82, 2.24) is 0 Å². The summed E-state index contributed by atoms with van der Waals surface area (Å²) in [6, 6.07) is 0. The lowest BCUT2D eigenvalue weighted by atomic mass is 9.46. The van der Waals surface area contributed by atoms with E-state index in [0.717, 1.165) is 51.4 Å². The first-order chi connectivity index (χ1) is 18.0. The Hall–Kier alpha value is -1.57. The Bertz CT molecular complexity index is 958. The molecule has 0 radical (unpaired) electrons. The first kappa shape index (κ1) is 30.4. The molecule has 3 fully saturated rings. The first-order valence-electron chi connectivity index (χ1n) is 14.9. The van der Waals surface area contributed by atoms with Gasteiger partial charge in [0.05, 0.1) is 24.9 Å². The maximum Gasteiger partial charge on any atom is 0.392 e. The van der Waals surface area contributed by atoms with Crippen LogP contribution in [0.15, 0.2) is 11.6 Å². The number of fused-ring (bicyclic) bond motifs is 5. The minimum Gasteiger partial charge on any atom is -0.481 e. The zero-order valence-corrected chi connectivity index (χ0v) is 24.0. The highest BCUT2D eigenvalue weighted by atomic mass is 19.4. The third-order valence-electron chi connectivity index (χ3n) is 11.4. The van der Waals surface area contributed by atoms with Crippen molar-refractivity contribution in [1.29, 1.82) is 0 Å². The molecule has 4 rings (SSSR count). The minimum absolute atomic E-state index is 0.132. The number of aliphatic hydroxyl groups is 1. The lowest BCUT2D eigenvalue weighted by molar-refractivity contribution is -0.174. The SMILES string of the molecule is C[C@H](CCC(CC(F)(F)F)OC(=O)CCC(=O)O)C1CCC2C3CC=C4C[C@@](C)(O)CCC4(C)C3CCC21C. The summed E-state index contributed by atoms with van der Waals surface area (Å²) in [4.78, 5) is 22.7. The van der Waals surface area contributed by atoms with Crippen molar-refractivity contribution >= 4 is 11.9 Å². The van der Waals surface area contributed by atoms with Crippen LogP contribution in [-0.2, 0) is 14.3 Å². The van der Waals surface area contributed by atoms with Crippen molar-refractivity contribution < 1.29 is 37.7 Å².